The lowest BCUT2D eigenvalue weighted by molar-refractivity contribution is -0.332. The Hall–Kier alpha value is -1.79. The Labute approximate surface area is 359 Å². The number of hydrogen-bond donors (Lipinski definition) is 7. The van der Waals surface area contributed by atoms with E-state index in [4.69, 9.17) is 28.4 Å². The first-order chi connectivity index (χ1) is 29.1. The van der Waals surface area contributed by atoms with Crippen molar-refractivity contribution in [2.45, 2.75) is 216 Å². The summed E-state index contributed by atoms with van der Waals surface area (Å²) in [4.78, 5) is 12.9. The molecule has 2 saturated heterocycles. The quantitative estimate of drug-likeness (QED) is 0.0240. The summed E-state index contributed by atoms with van der Waals surface area (Å²) >= 11 is 0. The lowest BCUT2D eigenvalue weighted by Crippen LogP contribution is -2.61. The molecule has 0 bridgehead atoms. The number of ether oxygens (including phenoxy) is 6. The van der Waals surface area contributed by atoms with E-state index in [9.17, 15) is 40.5 Å². The SMILES string of the molecule is CC/C=C\C/C=C\C/C=C\CCCCCCCCCC(=O)OC(COCCCCCCCCCCC)COC1OC(COC2OC(CO)C(O)C(O)C2O)C(O)C(O)C1O. The van der Waals surface area contributed by atoms with Crippen LogP contribution in [0, 0.1) is 0 Å². The fourth-order valence-corrected chi connectivity index (χ4v) is 7.12. The molecule has 0 amide bonds. The molecule has 60 heavy (non-hydrogen) atoms. The molecular formula is C46H82O14. The molecule has 2 aliphatic heterocycles. The van der Waals surface area contributed by atoms with Crippen LogP contribution in [0.5, 0.6) is 0 Å². The lowest BCUT2D eigenvalue weighted by Gasteiger charge is -2.42. The summed E-state index contributed by atoms with van der Waals surface area (Å²) in [6.45, 7) is 3.53. The van der Waals surface area contributed by atoms with Gasteiger partial charge in [-0.1, -0.05) is 134 Å². The highest BCUT2D eigenvalue weighted by atomic mass is 16.7. The first kappa shape index (κ1) is 54.3. The Bertz CT molecular complexity index is 1130. The number of unbranched alkanes of at least 4 members (excludes halogenated alkanes) is 15. The Kier molecular flexibility index (Phi) is 31.4. The normalized spacial score (nSPS) is 28.0. The van der Waals surface area contributed by atoms with Gasteiger partial charge in [-0.3, -0.25) is 4.79 Å². The molecule has 0 aromatic heterocycles. The number of aliphatic hydroxyl groups is 7. The van der Waals surface area contributed by atoms with E-state index < -0.39 is 80.7 Å². The van der Waals surface area contributed by atoms with E-state index in [0.29, 0.717) is 13.0 Å². The minimum Gasteiger partial charge on any atom is -0.457 e. The van der Waals surface area contributed by atoms with Gasteiger partial charge in [-0.15, -0.1) is 0 Å². The highest BCUT2D eigenvalue weighted by molar-refractivity contribution is 5.69. The first-order valence-corrected chi connectivity index (χ1v) is 23.1. The van der Waals surface area contributed by atoms with Gasteiger partial charge in [-0.05, 0) is 44.9 Å². The Morgan fingerprint density at radius 1 is 0.567 bits per heavy atom. The number of esters is 1. The van der Waals surface area contributed by atoms with Crippen LogP contribution in [0.15, 0.2) is 36.5 Å². The Morgan fingerprint density at radius 3 is 1.70 bits per heavy atom. The zero-order valence-corrected chi connectivity index (χ0v) is 36.7. The van der Waals surface area contributed by atoms with Crippen LogP contribution in [-0.4, -0.2) is 142 Å². The van der Waals surface area contributed by atoms with E-state index in [-0.39, 0.29) is 25.6 Å². The summed E-state index contributed by atoms with van der Waals surface area (Å²) in [5.41, 5.74) is 0. The van der Waals surface area contributed by atoms with Crippen molar-refractivity contribution >= 4 is 5.97 Å². The molecular weight excluding hydrogens is 776 g/mol. The number of aliphatic hydroxyl groups excluding tert-OH is 7. The first-order valence-electron chi connectivity index (χ1n) is 23.1. The van der Waals surface area contributed by atoms with Crippen LogP contribution in [0.2, 0.25) is 0 Å². The number of hydrogen-bond acceptors (Lipinski definition) is 14. The van der Waals surface area contributed by atoms with Crippen molar-refractivity contribution < 1.29 is 69.0 Å². The summed E-state index contributed by atoms with van der Waals surface area (Å²) in [6, 6.07) is 0. The van der Waals surface area contributed by atoms with Crippen LogP contribution in [0.3, 0.4) is 0 Å². The summed E-state index contributed by atoms with van der Waals surface area (Å²) in [7, 11) is 0. The maximum atomic E-state index is 12.9. The van der Waals surface area contributed by atoms with E-state index in [0.717, 1.165) is 64.2 Å². The van der Waals surface area contributed by atoms with Crippen molar-refractivity contribution in [3.8, 4) is 0 Å². The van der Waals surface area contributed by atoms with Gasteiger partial charge in [-0.2, -0.15) is 0 Å². The van der Waals surface area contributed by atoms with Crippen LogP contribution in [-0.2, 0) is 33.2 Å². The predicted molar refractivity (Wildman–Crippen MR) is 229 cm³/mol. The van der Waals surface area contributed by atoms with Gasteiger partial charge in [-0.25, -0.2) is 0 Å². The zero-order valence-electron chi connectivity index (χ0n) is 36.7. The summed E-state index contributed by atoms with van der Waals surface area (Å²) in [6.07, 6.45) is 19.3. The lowest BCUT2D eigenvalue weighted by atomic mass is 9.98. The van der Waals surface area contributed by atoms with E-state index in [1.54, 1.807) is 0 Å². The number of carbonyl (C=O) groups excluding carboxylic acids is 1. The second kappa shape index (κ2) is 34.7. The van der Waals surface area contributed by atoms with Crippen molar-refractivity contribution in [3.63, 3.8) is 0 Å². The van der Waals surface area contributed by atoms with Crippen molar-refractivity contribution in [1.29, 1.82) is 0 Å². The van der Waals surface area contributed by atoms with Crippen molar-refractivity contribution in [2.75, 3.05) is 33.0 Å². The fourth-order valence-electron chi connectivity index (χ4n) is 7.12. The van der Waals surface area contributed by atoms with Crippen LogP contribution in [0.25, 0.3) is 0 Å². The molecule has 0 aromatic carbocycles. The zero-order chi connectivity index (χ0) is 43.8. The Balaban J connectivity index is 1.79. The maximum absolute atomic E-state index is 12.9. The number of allylic oxidation sites excluding steroid dienone is 6. The third-order valence-corrected chi connectivity index (χ3v) is 10.9. The third-order valence-electron chi connectivity index (χ3n) is 10.9. The summed E-state index contributed by atoms with van der Waals surface area (Å²) < 4.78 is 34.1. The summed E-state index contributed by atoms with van der Waals surface area (Å²) in [5, 5.41) is 71.8. The Morgan fingerprint density at radius 2 is 1.08 bits per heavy atom. The molecule has 11 atom stereocenters. The highest BCUT2D eigenvalue weighted by Crippen LogP contribution is 2.26. The van der Waals surface area contributed by atoms with Gasteiger partial charge >= 0.3 is 5.97 Å². The molecule has 2 rings (SSSR count). The van der Waals surface area contributed by atoms with Crippen LogP contribution >= 0.6 is 0 Å². The van der Waals surface area contributed by atoms with Gasteiger partial charge in [0.2, 0.25) is 0 Å². The van der Waals surface area contributed by atoms with Crippen LogP contribution < -0.4 is 0 Å². The molecule has 350 valence electrons. The molecule has 0 aromatic rings. The van der Waals surface area contributed by atoms with E-state index in [1.165, 1.54) is 57.8 Å². The molecule has 14 heteroatoms. The van der Waals surface area contributed by atoms with Crippen molar-refractivity contribution in [2.24, 2.45) is 0 Å². The van der Waals surface area contributed by atoms with Gasteiger partial charge in [0.1, 0.15) is 54.9 Å². The molecule has 0 spiro atoms. The van der Waals surface area contributed by atoms with Gasteiger partial charge in [0.05, 0.1) is 26.4 Å². The molecule has 0 radical (unpaired) electrons. The largest absolute Gasteiger partial charge is 0.457 e. The topological polar surface area (TPSA) is 214 Å². The second-order valence-corrected chi connectivity index (χ2v) is 16.2. The standard InChI is InChI=1S/C46H82O14/c1-3-5-7-9-11-13-14-15-16-17-18-19-20-21-23-25-27-29-38(48)58-35(32-55-30-28-26-24-22-12-10-8-6-4-2)33-56-45-44(54)42(52)40(50)37(60-45)34-57-46-43(53)41(51)39(49)36(31-47)59-46/h5,7,11,13,15-16,35-37,39-47,49-54H,3-4,6,8-10,12,14,17-34H2,1-2H3/b7-5-,13-11-,16-15-. The van der Waals surface area contributed by atoms with Gasteiger partial charge in [0, 0.05) is 13.0 Å². The van der Waals surface area contributed by atoms with E-state index in [1.807, 2.05) is 0 Å². The number of carbonyl (C=O) groups is 1. The van der Waals surface area contributed by atoms with Crippen molar-refractivity contribution in [1.82, 2.24) is 0 Å². The van der Waals surface area contributed by atoms with Crippen molar-refractivity contribution in [3.05, 3.63) is 36.5 Å². The van der Waals surface area contributed by atoms with Gasteiger partial charge < -0.3 is 64.2 Å². The summed E-state index contributed by atoms with van der Waals surface area (Å²) in [5.74, 6) is -0.388. The molecule has 7 N–H and O–H groups in total. The molecule has 0 saturated carbocycles. The molecule has 11 unspecified atom stereocenters. The van der Waals surface area contributed by atoms with Crippen LogP contribution in [0.4, 0.5) is 0 Å². The average molecular weight is 859 g/mol. The molecule has 0 aliphatic carbocycles. The average Bonchev–Trinajstić information content (AvgIpc) is 3.24. The minimum absolute atomic E-state index is 0.0585. The van der Waals surface area contributed by atoms with E-state index in [2.05, 4.69) is 50.3 Å². The fraction of sp³-hybridized carbons (Fsp3) is 0.848. The molecule has 2 heterocycles. The van der Waals surface area contributed by atoms with Gasteiger partial charge in [0.15, 0.2) is 12.6 Å². The monoisotopic (exact) mass is 859 g/mol. The maximum Gasteiger partial charge on any atom is 0.306 e. The molecule has 14 nitrogen and oxygen atoms in total. The van der Waals surface area contributed by atoms with E-state index >= 15 is 0 Å². The number of rotatable bonds is 35. The van der Waals surface area contributed by atoms with Gasteiger partial charge in [0.25, 0.3) is 0 Å². The predicted octanol–water partition coefficient (Wildman–Crippen LogP) is 5.46. The smallest absolute Gasteiger partial charge is 0.306 e. The molecule has 2 aliphatic rings. The molecule has 2 fully saturated rings. The highest BCUT2D eigenvalue weighted by Gasteiger charge is 2.47. The third kappa shape index (κ3) is 23.1. The van der Waals surface area contributed by atoms with Crippen LogP contribution in [0.1, 0.15) is 149 Å². The second-order valence-electron chi connectivity index (χ2n) is 16.2. The minimum atomic E-state index is -1.71.